The van der Waals surface area contributed by atoms with Gasteiger partial charge in [0.05, 0.1) is 12.2 Å². The van der Waals surface area contributed by atoms with Crippen LogP contribution in [0.3, 0.4) is 0 Å². The van der Waals surface area contributed by atoms with Gasteiger partial charge >= 0.3 is 18.1 Å². The quantitative estimate of drug-likeness (QED) is 0.0584. The summed E-state index contributed by atoms with van der Waals surface area (Å²) in [5, 5.41) is 0. The number of benzene rings is 3. The van der Waals surface area contributed by atoms with Gasteiger partial charge < -0.3 is 18.9 Å². The highest BCUT2D eigenvalue weighted by atomic mass is 19.4. The van der Waals surface area contributed by atoms with Crippen molar-refractivity contribution in [2.75, 3.05) is 19.8 Å². The van der Waals surface area contributed by atoms with Crippen molar-refractivity contribution in [1.29, 1.82) is 0 Å². The normalized spacial score (nSPS) is 13.2. The lowest BCUT2D eigenvalue weighted by molar-refractivity contribution is -0.220. The molecular weight excluding hydrogens is 669 g/mol. The molecule has 6 nitrogen and oxygen atoms in total. The number of esters is 2. The number of unbranched alkanes of at least 4 members (excludes halogenated alkanes) is 9. The van der Waals surface area contributed by atoms with Gasteiger partial charge in [0.25, 0.3) is 0 Å². The van der Waals surface area contributed by atoms with E-state index in [-0.39, 0.29) is 24.8 Å². The predicted octanol–water partition coefficient (Wildman–Crippen LogP) is 11.5. The van der Waals surface area contributed by atoms with Gasteiger partial charge in [-0.2, -0.15) is 13.2 Å². The third-order valence-electron chi connectivity index (χ3n) is 9.23. The Morgan fingerprint density at radius 3 is 1.98 bits per heavy atom. The zero-order valence-electron chi connectivity index (χ0n) is 30.6. The maximum atomic E-state index is 13.6. The molecule has 9 heteroatoms. The van der Waals surface area contributed by atoms with Gasteiger partial charge in [-0.15, -0.1) is 0 Å². The zero-order valence-corrected chi connectivity index (χ0v) is 30.6. The Morgan fingerprint density at radius 1 is 0.692 bits per heavy atom. The van der Waals surface area contributed by atoms with Gasteiger partial charge in [-0.05, 0) is 110 Å². The number of hydrogen-bond acceptors (Lipinski definition) is 6. The molecule has 0 heterocycles. The molecule has 0 spiro atoms. The average Bonchev–Trinajstić information content (AvgIpc) is 3.14. The van der Waals surface area contributed by atoms with E-state index in [1.807, 2.05) is 43.3 Å². The summed E-state index contributed by atoms with van der Waals surface area (Å²) in [5.41, 5.74) is 4.04. The Morgan fingerprint density at radius 2 is 1.31 bits per heavy atom. The summed E-state index contributed by atoms with van der Waals surface area (Å²) in [6.07, 6.45) is 6.66. The molecule has 0 fully saturated rings. The number of carbonyl (C=O) groups excluding carboxylic acids is 2. The van der Waals surface area contributed by atoms with Crippen LogP contribution in [0.5, 0.6) is 11.5 Å². The minimum Gasteiger partial charge on any atom is -0.494 e. The first-order valence-electron chi connectivity index (χ1n) is 18.9. The van der Waals surface area contributed by atoms with Crippen LogP contribution in [0.15, 0.2) is 72.3 Å². The number of halogens is 3. The van der Waals surface area contributed by atoms with Gasteiger partial charge in [0.15, 0.2) is 6.10 Å². The summed E-state index contributed by atoms with van der Waals surface area (Å²) in [5.74, 6) is -0.284. The molecule has 0 N–H and O–H groups in total. The first-order chi connectivity index (χ1) is 25.2. The molecule has 4 rings (SSSR count). The number of ether oxygens (including phenoxy) is 4. The summed E-state index contributed by atoms with van der Waals surface area (Å²) in [4.78, 5) is 25.7. The zero-order chi connectivity index (χ0) is 37.2. The minimum absolute atomic E-state index is 0.184. The van der Waals surface area contributed by atoms with E-state index in [0.29, 0.717) is 56.0 Å². The second-order valence-electron chi connectivity index (χ2n) is 13.3. The first-order valence-corrected chi connectivity index (χ1v) is 18.9. The molecular formula is C43H53F3O6. The summed E-state index contributed by atoms with van der Waals surface area (Å²) in [6.45, 7) is 5.87. The number of alkyl halides is 3. The molecule has 0 saturated heterocycles. The van der Waals surface area contributed by atoms with E-state index in [1.54, 1.807) is 36.4 Å². The SMILES string of the molecule is CCCCCCCCCCOc1ccc(-c2ccc(C(=O)Oc3ccc4c(c3)CCC(C(=O)O[C@H](CCCCCOCC)C(F)(F)F)=C4)cc2)cc1. The molecule has 1 atom stereocenters. The number of aryl methyl sites for hydroxylation is 1. The van der Waals surface area contributed by atoms with E-state index in [1.165, 1.54) is 44.9 Å². The van der Waals surface area contributed by atoms with Crippen LogP contribution in [-0.4, -0.2) is 44.0 Å². The average molecular weight is 723 g/mol. The standard InChI is InChI=1S/C43H53F3O6/c1-3-5-6-7-8-9-10-14-29-50-38-25-22-33(23-26-38)32-16-18-34(19-17-32)41(47)51-39-27-24-35-30-37(21-20-36(35)31-39)42(48)52-40(43(44,45)46)15-12-11-13-28-49-4-2/h16-19,22-27,30-31,40H,3-15,20-21,28-29H2,1-2H3/t40-/m1/s1. The van der Waals surface area contributed by atoms with Crippen molar-refractivity contribution in [1.82, 2.24) is 0 Å². The maximum Gasteiger partial charge on any atom is 0.425 e. The van der Waals surface area contributed by atoms with Crippen LogP contribution in [0.1, 0.15) is 119 Å². The topological polar surface area (TPSA) is 71.1 Å². The summed E-state index contributed by atoms with van der Waals surface area (Å²) in [7, 11) is 0. The van der Waals surface area contributed by atoms with Crippen molar-refractivity contribution >= 4 is 18.0 Å². The van der Waals surface area contributed by atoms with Crippen molar-refractivity contribution in [3.05, 3.63) is 89.0 Å². The number of carbonyl (C=O) groups is 2. The van der Waals surface area contributed by atoms with Gasteiger partial charge in [-0.3, -0.25) is 0 Å². The Hall–Kier alpha value is -4.11. The van der Waals surface area contributed by atoms with Crippen LogP contribution in [0.25, 0.3) is 17.2 Å². The van der Waals surface area contributed by atoms with Gasteiger partial charge in [-0.25, -0.2) is 9.59 Å². The van der Waals surface area contributed by atoms with Crippen LogP contribution in [-0.2, 0) is 20.7 Å². The molecule has 0 saturated carbocycles. The fourth-order valence-corrected chi connectivity index (χ4v) is 6.18. The van der Waals surface area contributed by atoms with Crippen molar-refractivity contribution in [2.24, 2.45) is 0 Å². The monoisotopic (exact) mass is 722 g/mol. The van der Waals surface area contributed by atoms with E-state index < -0.39 is 24.2 Å². The van der Waals surface area contributed by atoms with Crippen molar-refractivity contribution < 1.29 is 41.7 Å². The molecule has 0 amide bonds. The number of rotatable bonds is 22. The second kappa shape index (κ2) is 21.4. The Bertz CT molecular complexity index is 1560. The van der Waals surface area contributed by atoms with Crippen LogP contribution in [0.2, 0.25) is 0 Å². The molecule has 0 aliphatic heterocycles. The van der Waals surface area contributed by atoms with Crippen LogP contribution < -0.4 is 9.47 Å². The lowest BCUT2D eigenvalue weighted by atomic mass is 9.92. The third kappa shape index (κ3) is 13.5. The molecule has 0 aromatic heterocycles. The van der Waals surface area contributed by atoms with Crippen molar-refractivity contribution in [3.8, 4) is 22.6 Å². The van der Waals surface area contributed by atoms with E-state index >= 15 is 0 Å². The predicted molar refractivity (Wildman–Crippen MR) is 199 cm³/mol. The minimum atomic E-state index is -4.64. The van der Waals surface area contributed by atoms with Crippen LogP contribution in [0.4, 0.5) is 13.2 Å². The summed E-state index contributed by atoms with van der Waals surface area (Å²) >= 11 is 0. The molecule has 1 aliphatic carbocycles. The summed E-state index contributed by atoms with van der Waals surface area (Å²) in [6, 6.07) is 20.1. The van der Waals surface area contributed by atoms with E-state index in [4.69, 9.17) is 18.9 Å². The summed E-state index contributed by atoms with van der Waals surface area (Å²) < 4.78 is 62.6. The largest absolute Gasteiger partial charge is 0.494 e. The molecule has 1 aliphatic rings. The molecule has 52 heavy (non-hydrogen) atoms. The van der Waals surface area contributed by atoms with Crippen molar-refractivity contribution in [3.63, 3.8) is 0 Å². The molecule has 282 valence electrons. The molecule has 0 unspecified atom stereocenters. The fourth-order valence-electron chi connectivity index (χ4n) is 6.18. The van der Waals surface area contributed by atoms with Crippen molar-refractivity contribution in [2.45, 2.75) is 116 Å². The van der Waals surface area contributed by atoms with Gasteiger partial charge in [0, 0.05) is 18.8 Å². The van der Waals surface area contributed by atoms with Crippen LogP contribution in [0, 0.1) is 0 Å². The molecule has 0 radical (unpaired) electrons. The van der Waals surface area contributed by atoms with Gasteiger partial charge in [-0.1, -0.05) is 88.6 Å². The molecule has 3 aromatic rings. The maximum absolute atomic E-state index is 13.6. The number of hydrogen-bond donors (Lipinski definition) is 0. The van der Waals surface area contributed by atoms with Gasteiger partial charge in [0.1, 0.15) is 11.5 Å². The first kappa shape index (κ1) is 40.7. The Kier molecular flexibility index (Phi) is 16.8. The lowest BCUT2D eigenvalue weighted by Gasteiger charge is -2.23. The number of fused-ring (bicyclic) bond motifs is 1. The molecule has 0 bridgehead atoms. The Labute approximate surface area is 306 Å². The van der Waals surface area contributed by atoms with E-state index in [9.17, 15) is 22.8 Å². The fraction of sp³-hybridized carbons (Fsp3) is 0.488. The smallest absolute Gasteiger partial charge is 0.425 e. The lowest BCUT2D eigenvalue weighted by Crippen LogP contribution is -2.34. The van der Waals surface area contributed by atoms with Gasteiger partial charge in [0.2, 0.25) is 0 Å². The highest BCUT2D eigenvalue weighted by Gasteiger charge is 2.42. The third-order valence-corrected chi connectivity index (χ3v) is 9.23. The molecule has 3 aromatic carbocycles. The van der Waals surface area contributed by atoms with E-state index in [0.717, 1.165) is 28.9 Å². The highest BCUT2D eigenvalue weighted by molar-refractivity contribution is 5.95. The Balaban J connectivity index is 1.24. The van der Waals surface area contributed by atoms with E-state index in [2.05, 4.69) is 6.92 Å². The second-order valence-corrected chi connectivity index (χ2v) is 13.3. The highest BCUT2D eigenvalue weighted by Crippen LogP contribution is 2.32. The van der Waals surface area contributed by atoms with Crippen LogP contribution >= 0.6 is 0 Å².